The van der Waals surface area contributed by atoms with E-state index in [1.165, 1.54) is 14.2 Å². The van der Waals surface area contributed by atoms with Crippen molar-refractivity contribution in [3.63, 3.8) is 0 Å². The van der Waals surface area contributed by atoms with Crippen LogP contribution < -0.4 is 10.2 Å². The molecule has 0 amide bonds. The minimum absolute atomic E-state index is 0. The predicted molar refractivity (Wildman–Crippen MR) is 88.2 cm³/mol. The van der Waals surface area contributed by atoms with Crippen molar-refractivity contribution in [2.75, 3.05) is 14.2 Å². The third-order valence-electron chi connectivity index (χ3n) is 3.10. The van der Waals surface area contributed by atoms with Gasteiger partial charge in [-0.3, -0.25) is 0 Å². The van der Waals surface area contributed by atoms with E-state index in [9.17, 15) is 19.8 Å². The minimum Gasteiger partial charge on any atom is -0.547 e. The molecule has 128 valence electrons. The topological polar surface area (TPSA) is 98.7 Å². The quantitative estimate of drug-likeness (QED) is 0.657. The third-order valence-corrected chi connectivity index (χ3v) is 3.10. The van der Waals surface area contributed by atoms with Crippen LogP contribution >= 0.6 is 0 Å². The Morgan fingerprint density at radius 1 is 0.720 bits per heavy atom. The number of ether oxygens (including phenoxy) is 2. The van der Waals surface area contributed by atoms with Crippen molar-refractivity contribution in [2.45, 2.75) is 12.2 Å². The molecule has 0 radical (unpaired) electrons. The molecule has 2 atom stereocenters. The van der Waals surface area contributed by atoms with Gasteiger partial charge in [-0.05, 0) is 11.1 Å². The SMILES string of the molecule is CO[C@H](C(=O)[O-])c1ccccc1.CO[C@H](C(=O)[O-])c1ccccc1.[Ca+2]. The zero-order valence-electron chi connectivity index (χ0n) is 14.1. The zero-order valence-corrected chi connectivity index (χ0v) is 16.3. The number of hydrogen-bond acceptors (Lipinski definition) is 6. The molecule has 2 rings (SSSR count). The molecule has 0 unspecified atom stereocenters. The molecule has 0 N–H and O–H groups in total. The first-order chi connectivity index (χ1) is 11.5. The van der Waals surface area contributed by atoms with Crippen molar-refractivity contribution in [2.24, 2.45) is 0 Å². The van der Waals surface area contributed by atoms with Crippen LogP contribution in [-0.4, -0.2) is 63.9 Å². The molecule has 0 aliphatic rings. The van der Waals surface area contributed by atoms with E-state index in [1.807, 2.05) is 12.1 Å². The van der Waals surface area contributed by atoms with Crippen LogP contribution in [0.3, 0.4) is 0 Å². The average molecular weight is 370 g/mol. The molecule has 0 aliphatic heterocycles. The van der Waals surface area contributed by atoms with Crippen LogP contribution in [0.15, 0.2) is 60.7 Å². The van der Waals surface area contributed by atoms with Crippen LogP contribution in [0.4, 0.5) is 0 Å². The summed E-state index contributed by atoms with van der Waals surface area (Å²) < 4.78 is 9.47. The summed E-state index contributed by atoms with van der Waals surface area (Å²) in [5.41, 5.74) is 1.19. The van der Waals surface area contributed by atoms with E-state index in [-0.39, 0.29) is 37.7 Å². The van der Waals surface area contributed by atoms with E-state index < -0.39 is 24.1 Å². The van der Waals surface area contributed by atoms with Crippen LogP contribution in [0, 0.1) is 0 Å². The van der Waals surface area contributed by atoms with Crippen LogP contribution in [0.2, 0.25) is 0 Å². The largest absolute Gasteiger partial charge is 2.00 e. The summed E-state index contributed by atoms with van der Waals surface area (Å²) in [4.78, 5) is 21.0. The second-order valence-electron chi connectivity index (χ2n) is 4.69. The van der Waals surface area contributed by atoms with E-state index in [4.69, 9.17) is 9.47 Å². The normalized spacial score (nSPS) is 11.9. The van der Waals surface area contributed by atoms with Gasteiger partial charge in [-0.25, -0.2) is 0 Å². The number of carboxylic acids is 2. The van der Waals surface area contributed by atoms with Gasteiger partial charge in [0.1, 0.15) is 12.2 Å². The Kier molecular flexibility index (Phi) is 12.1. The van der Waals surface area contributed by atoms with Gasteiger partial charge >= 0.3 is 37.7 Å². The van der Waals surface area contributed by atoms with Gasteiger partial charge in [-0.2, -0.15) is 0 Å². The minimum atomic E-state index is -1.22. The fourth-order valence-electron chi connectivity index (χ4n) is 1.99. The Morgan fingerprint density at radius 3 is 1.20 bits per heavy atom. The van der Waals surface area contributed by atoms with Crippen molar-refractivity contribution in [1.29, 1.82) is 0 Å². The number of aliphatic carboxylic acids is 2. The summed E-state index contributed by atoms with van der Waals surface area (Å²) in [6.07, 6.45) is -1.93. The van der Waals surface area contributed by atoms with Gasteiger partial charge in [-0.1, -0.05) is 60.7 Å². The monoisotopic (exact) mass is 370 g/mol. The van der Waals surface area contributed by atoms with E-state index >= 15 is 0 Å². The number of carbonyl (C=O) groups excluding carboxylic acids is 2. The molecule has 0 fully saturated rings. The van der Waals surface area contributed by atoms with Crippen molar-refractivity contribution in [3.05, 3.63) is 71.8 Å². The summed E-state index contributed by atoms with van der Waals surface area (Å²) in [5.74, 6) is -2.44. The van der Waals surface area contributed by atoms with E-state index in [0.29, 0.717) is 11.1 Å². The van der Waals surface area contributed by atoms with Crippen LogP contribution in [-0.2, 0) is 19.1 Å². The average Bonchev–Trinajstić information content (AvgIpc) is 2.58. The Hall–Kier alpha value is -1.44. The summed E-state index contributed by atoms with van der Waals surface area (Å²) in [6.45, 7) is 0. The van der Waals surface area contributed by atoms with Gasteiger partial charge in [0.15, 0.2) is 0 Å². The van der Waals surface area contributed by atoms with Crippen molar-refractivity contribution < 1.29 is 29.3 Å². The Bertz CT molecular complexity index is 575. The predicted octanol–water partition coefficient (Wildman–Crippen LogP) is -0.133. The van der Waals surface area contributed by atoms with E-state index in [2.05, 4.69) is 0 Å². The molecular weight excluding hydrogens is 352 g/mol. The summed E-state index contributed by atoms with van der Waals surface area (Å²) in [6, 6.07) is 17.4. The maximum Gasteiger partial charge on any atom is 2.00 e. The fraction of sp³-hybridized carbons (Fsp3) is 0.222. The Balaban J connectivity index is 0.000000443. The smallest absolute Gasteiger partial charge is 0.547 e. The maximum absolute atomic E-state index is 10.5. The fourth-order valence-corrected chi connectivity index (χ4v) is 1.99. The standard InChI is InChI=1S/2C9H10O3.Ca/c2*1-12-8(9(10)11)7-5-3-2-4-6-7;/h2*2-6,8H,1H3,(H,10,11);/q;;+2/p-2/t2*8-;/m00./s1. The van der Waals surface area contributed by atoms with Crippen LogP contribution in [0.1, 0.15) is 23.3 Å². The molecule has 0 saturated carbocycles. The molecule has 0 spiro atoms. The summed E-state index contributed by atoms with van der Waals surface area (Å²) >= 11 is 0. The molecule has 2 aromatic carbocycles. The molecule has 0 bridgehead atoms. The summed E-state index contributed by atoms with van der Waals surface area (Å²) in [5, 5.41) is 21.0. The molecule has 6 nitrogen and oxygen atoms in total. The van der Waals surface area contributed by atoms with E-state index in [1.54, 1.807) is 48.5 Å². The first-order valence-electron chi connectivity index (χ1n) is 7.08. The van der Waals surface area contributed by atoms with Crippen molar-refractivity contribution in [1.82, 2.24) is 0 Å². The molecule has 7 heteroatoms. The van der Waals surface area contributed by atoms with Crippen molar-refractivity contribution in [3.8, 4) is 0 Å². The molecule has 0 heterocycles. The van der Waals surface area contributed by atoms with Gasteiger partial charge in [-0.15, -0.1) is 0 Å². The second-order valence-corrected chi connectivity index (χ2v) is 4.69. The van der Waals surface area contributed by atoms with Gasteiger partial charge < -0.3 is 29.3 Å². The molecule has 0 aliphatic carbocycles. The van der Waals surface area contributed by atoms with Crippen LogP contribution in [0.25, 0.3) is 0 Å². The molecule has 0 aromatic heterocycles. The number of benzene rings is 2. The van der Waals surface area contributed by atoms with Gasteiger partial charge in [0, 0.05) is 14.2 Å². The number of carboxylic acid groups (broad SMARTS) is 2. The third kappa shape index (κ3) is 7.98. The first kappa shape index (κ1) is 23.6. The summed E-state index contributed by atoms with van der Waals surface area (Å²) in [7, 11) is 2.68. The molecule has 2 aromatic rings. The number of hydrogen-bond donors (Lipinski definition) is 0. The number of methoxy groups -OCH3 is 2. The van der Waals surface area contributed by atoms with Gasteiger partial charge in [0.05, 0.1) is 11.9 Å². The molecule has 0 saturated heterocycles. The van der Waals surface area contributed by atoms with Gasteiger partial charge in [0.2, 0.25) is 0 Å². The number of carbonyl (C=O) groups is 2. The van der Waals surface area contributed by atoms with Crippen LogP contribution in [0.5, 0.6) is 0 Å². The zero-order chi connectivity index (χ0) is 17.9. The Morgan fingerprint density at radius 2 is 1.00 bits per heavy atom. The second kappa shape index (κ2) is 12.9. The van der Waals surface area contributed by atoms with Crippen molar-refractivity contribution >= 4 is 49.7 Å². The van der Waals surface area contributed by atoms with Gasteiger partial charge in [0.25, 0.3) is 0 Å². The maximum atomic E-state index is 10.5. The Labute approximate surface area is 176 Å². The first-order valence-corrected chi connectivity index (χ1v) is 7.08. The number of rotatable bonds is 6. The molecular formula is C18H18CaO6. The molecule has 25 heavy (non-hydrogen) atoms. The van der Waals surface area contributed by atoms with E-state index in [0.717, 1.165) is 0 Å².